The van der Waals surface area contributed by atoms with E-state index in [0.29, 0.717) is 24.1 Å². The van der Waals surface area contributed by atoms with Crippen LogP contribution in [0.5, 0.6) is 0 Å². The molecular weight excluding hydrogens is 318 g/mol. The highest BCUT2D eigenvalue weighted by Crippen LogP contribution is 2.22. The van der Waals surface area contributed by atoms with E-state index in [9.17, 15) is 20.2 Å². The van der Waals surface area contributed by atoms with Gasteiger partial charge in [0, 0.05) is 18.2 Å². The first kappa shape index (κ1) is 17.9. The number of nitro benzene ring substituents is 1. The van der Waals surface area contributed by atoms with Gasteiger partial charge in [-0.1, -0.05) is 49.4 Å². The van der Waals surface area contributed by atoms with Gasteiger partial charge in [-0.2, -0.15) is 5.26 Å². The van der Waals surface area contributed by atoms with Crippen LogP contribution in [-0.2, 0) is 17.8 Å². The van der Waals surface area contributed by atoms with E-state index in [0.717, 1.165) is 5.56 Å². The van der Waals surface area contributed by atoms with Gasteiger partial charge in [-0.25, -0.2) is 0 Å². The highest BCUT2D eigenvalue weighted by atomic mass is 16.6. The van der Waals surface area contributed by atoms with Gasteiger partial charge in [-0.15, -0.1) is 0 Å². The number of nitrogens with zero attached hydrogens (tertiary/aromatic N) is 2. The number of nitrogens with one attached hydrogen (secondary N) is 1. The van der Waals surface area contributed by atoms with Crippen molar-refractivity contribution in [1.82, 2.24) is 5.32 Å². The van der Waals surface area contributed by atoms with E-state index in [2.05, 4.69) is 5.32 Å². The number of hydrogen-bond donors (Lipinski definition) is 1. The number of carbonyl (C=O) groups excluding carboxylic acids is 1. The Labute approximate surface area is 145 Å². The van der Waals surface area contributed by atoms with Crippen LogP contribution in [-0.4, -0.2) is 10.8 Å². The molecule has 2 aromatic carbocycles. The van der Waals surface area contributed by atoms with E-state index in [-0.39, 0.29) is 11.3 Å². The van der Waals surface area contributed by atoms with Gasteiger partial charge in [0.1, 0.15) is 11.6 Å². The molecule has 6 nitrogen and oxygen atoms in total. The van der Waals surface area contributed by atoms with Crippen molar-refractivity contribution in [2.24, 2.45) is 0 Å². The van der Waals surface area contributed by atoms with E-state index in [1.165, 1.54) is 12.1 Å². The largest absolute Gasteiger partial charge is 0.347 e. The predicted molar refractivity (Wildman–Crippen MR) is 94.4 cm³/mol. The van der Waals surface area contributed by atoms with Crippen LogP contribution >= 0.6 is 0 Å². The maximum absolute atomic E-state index is 12.2. The Balaban J connectivity index is 2.19. The zero-order valence-electron chi connectivity index (χ0n) is 13.7. The average molecular weight is 335 g/mol. The first-order valence-electron chi connectivity index (χ1n) is 7.76. The van der Waals surface area contributed by atoms with Crippen molar-refractivity contribution in [2.75, 3.05) is 0 Å². The minimum absolute atomic E-state index is 0.0155. The number of aryl methyl sites for hydroxylation is 1. The molecule has 1 N–H and O–H groups in total. The SMILES string of the molecule is CCc1ccc(/C=C(\C#N)C(=O)NCc2ccccc2)cc1[N+](=O)[O-]. The van der Waals surface area contributed by atoms with Crippen LogP contribution in [0.2, 0.25) is 0 Å². The standard InChI is InChI=1S/C19H17N3O3/c1-2-16-9-8-15(11-18(16)22(24)25)10-17(12-20)19(23)21-13-14-6-4-3-5-7-14/h3-11H,2,13H2,1H3,(H,21,23)/b17-10+. The molecular formula is C19H17N3O3. The van der Waals surface area contributed by atoms with Gasteiger partial charge >= 0.3 is 0 Å². The third-order valence-electron chi connectivity index (χ3n) is 3.66. The number of benzene rings is 2. The molecule has 0 radical (unpaired) electrons. The van der Waals surface area contributed by atoms with E-state index in [4.69, 9.17) is 0 Å². The Morgan fingerprint density at radius 1 is 1.28 bits per heavy atom. The maximum Gasteiger partial charge on any atom is 0.273 e. The summed E-state index contributed by atoms with van der Waals surface area (Å²) in [5.41, 5.74) is 1.84. The van der Waals surface area contributed by atoms with E-state index < -0.39 is 10.8 Å². The summed E-state index contributed by atoms with van der Waals surface area (Å²) in [5, 5.41) is 23.0. The molecule has 0 fully saturated rings. The van der Waals surface area contributed by atoms with Crippen molar-refractivity contribution in [3.8, 4) is 6.07 Å². The zero-order chi connectivity index (χ0) is 18.2. The predicted octanol–water partition coefficient (Wildman–Crippen LogP) is 3.38. The lowest BCUT2D eigenvalue weighted by Crippen LogP contribution is -2.23. The van der Waals surface area contributed by atoms with Crippen molar-refractivity contribution >= 4 is 17.7 Å². The van der Waals surface area contributed by atoms with Crippen LogP contribution in [0.25, 0.3) is 6.08 Å². The molecule has 0 saturated carbocycles. The summed E-state index contributed by atoms with van der Waals surface area (Å²) in [6.45, 7) is 2.13. The molecule has 0 heterocycles. The molecule has 0 saturated heterocycles. The maximum atomic E-state index is 12.2. The van der Waals surface area contributed by atoms with Crippen LogP contribution in [0.4, 0.5) is 5.69 Å². The Hall–Kier alpha value is -3.46. The minimum atomic E-state index is -0.520. The highest BCUT2D eigenvalue weighted by molar-refractivity contribution is 6.01. The molecule has 25 heavy (non-hydrogen) atoms. The third kappa shape index (κ3) is 4.75. The molecule has 0 atom stereocenters. The van der Waals surface area contributed by atoms with E-state index in [1.54, 1.807) is 12.1 Å². The van der Waals surface area contributed by atoms with Gasteiger partial charge in [-0.3, -0.25) is 14.9 Å². The van der Waals surface area contributed by atoms with Gasteiger partial charge in [0.2, 0.25) is 0 Å². The Morgan fingerprint density at radius 3 is 2.60 bits per heavy atom. The second-order valence-electron chi connectivity index (χ2n) is 5.34. The van der Waals surface area contributed by atoms with E-state index >= 15 is 0 Å². The quantitative estimate of drug-likeness (QED) is 0.379. The summed E-state index contributed by atoms with van der Waals surface area (Å²) in [6, 6.07) is 15.8. The lowest BCUT2D eigenvalue weighted by atomic mass is 10.0. The molecule has 0 unspecified atom stereocenters. The number of hydrogen-bond acceptors (Lipinski definition) is 4. The molecule has 0 aliphatic rings. The molecule has 0 aliphatic heterocycles. The Morgan fingerprint density at radius 2 is 2.00 bits per heavy atom. The lowest BCUT2D eigenvalue weighted by Gasteiger charge is -2.05. The molecule has 0 aliphatic carbocycles. The number of nitro groups is 1. The Kier molecular flexibility index (Phi) is 6.02. The van der Waals surface area contributed by atoms with Gasteiger partial charge in [0.05, 0.1) is 4.92 Å². The summed E-state index contributed by atoms with van der Waals surface area (Å²) in [7, 11) is 0. The minimum Gasteiger partial charge on any atom is -0.347 e. The summed E-state index contributed by atoms with van der Waals surface area (Å²) < 4.78 is 0. The van der Waals surface area contributed by atoms with Crippen LogP contribution in [0.1, 0.15) is 23.6 Å². The van der Waals surface area contributed by atoms with Crippen LogP contribution < -0.4 is 5.32 Å². The molecule has 126 valence electrons. The lowest BCUT2D eigenvalue weighted by molar-refractivity contribution is -0.385. The second kappa shape index (κ2) is 8.41. The van der Waals surface area contributed by atoms with Gasteiger partial charge in [0.25, 0.3) is 11.6 Å². The molecule has 0 bridgehead atoms. The van der Waals surface area contributed by atoms with Gasteiger partial charge in [0.15, 0.2) is 0 Å². The molecule has 0 aromatic heterocycles. The molecule has 1 amide bonds. The van der Waals surface area contributed by atoms with Crippen molar-refractivity contribution in [1.29, 1.82) is 5.26 Å². The average Bonchev–Trinajstić information content (AvgIpc) is 2.64. The van der Waals surface area contributed by atoms with Crippen molar-refractivity contribution < 1.29 is 9.72 Å². The van der Waals surface area contributed by atoms with Crippen molar-refractivity contribution in [2.45, 2.75) is 19.9 Å². The number of rotatable bonds is 6. The smallest absolute Gasteiger partial charge is 0.273 e. The zero-order valence-corrected chi connectivity index (χ0v) is 13.7. The summed E-state index contributed by atoms with van der Waals surface area (Å²) in [4.78, 5) is 22.8. The van der Waals surface area contributed by atoms with Gasteiger partial charge in [-0.05, 0) is 23.6 Å². The molecule has 2 aromatic rings. The first-order valence-corrected chi connectivity index (χ1v) is 7.76. The second-order valence-corrected chi connectivity index (χ2v) is 5.34. The van der Waals surface area contributed by atoms with E-state index in [1.807, 2.05) is 43.3 Å². The fourth-order valence-corrected chi connectivity index (χ4v) is 2.33. The fourth-order valence-electron chi connectivity index (χ4n) is 2.33. The van der Waals surface area contributed by atoms with Crippen LogP contribution in [0, 0.1) is 21.4 Å². The molecule has 2 rings (SSSR count). The topological polar surface area (TPSA) is 96.0 Å². The summed E-state index contributed by atoms with van der Waals surface area (Å²) >= 11 is 0. The van der Waals surface area contributed by atoms with Crippen molar-refractivity contribution in [3.63, 3.8) is 0 Å². The normalized spacial score (nSPS) is 10.8. The molecule has 0 spiro atoms. The number of nitriles is 1. The van der Waals surface area contributed by atoms with Crippen LogP contribution in [0.3, 0.4) is 0 Å². The molecule has 6 heteroatoms. The highest BCUT2D eigenvalue weighted by Gasteiger charge is 2.14. The van der Waals surface area contributed by atoms with Crippen LogP contribution in [0.15, 0.2) is 54.1 Å². The monoisotopic (exact) mass is 335 g/mol. The van der Waals surface area contributed by atoms with Gasteiger partial charge < -0.3 is 5.32 Å². The number of amides is 1. The number of carbonyl (C=O) groups is 1. The fraction of sp³-hybridized carbons (Fsp3) is 0.158. The summed E-state index contributed by atoms with van der Waals surface area (Å²) in [5.74, 6) is -0.520. The summed E-state index contributed by atoms with van der Waals surface area (Å²) in [6.07, 6.45) is 1.88. The Bertz CT molecular complexity index is 852. The first-order chi connectivity index (χ1) is 12.0. The third-order valence-corrected chi connectivity index (χ3v) is 3.66. The van der Waals surface area contributed by atoms with Crippen molar-refractivity contribution in [3.05, 3.63) is 80.9 Å².